The molecule has 0 aliphatic carbocycles. The molecule has 138 valence electrons. The standard InChI is InChI=1S/C22H22N2O3/c1-4-13-24(15-17-14-18(26-2)10-12-21(17)27-3)22(25)20-11-9-16-7-5-6-8-19(16)23-20/h4-12,14H,1,13,15H2,2-3H3. The lowest BCUT2D eigenvalue weighted by molar-refractivity contribution is 0.0756. The molecule has 2 aromatic carbocycles. The Hall–Kier alpha value is -3.34. The number of aromatic nitrogens is 1. The van der Waals surface area contributed by atoms with Crippen molar-refractivity contribution in [3.8, 4) is 11.5 Å². The zero-order valence-corrected chi connectivity index (χ0v) is 15.5. The second kappa shape index (κ2) is 8.36. The fourth-order valence-corrected chi connectivity index (χ4v) is 2.93. The van der Waals surface area contributed by atoms with Crippen LogP contribution in [0.5, 0.6) is 11.5 Å². The first-order valence-corrected chi connectivity index (χ1v) is 8.63. The Bertz CT molecular complexity index is 969. The highest BCUT2D eigenvalue weighted by Crippen LogP contribution is 2.26. The highest BCUT2D eigenvalue weighted by Gasteiger charge is 2.19. The van der Waals surface area contributed by atoms with Gasteiger partial charge in [-0.05, 0) is 30.3 Å². The van der Waals surface area contributed by atoms with E-state index in [-0.39, 0.29) is 5.91 Å². The first kappa shape index (κ1) is 18.5. The van der Waals surface area contributed by atoms with Gasteiger partial charge in [-0.3, -0.25) is 4.79 Å². The number of methoxy groups -OCH3 is 2. The van der Waals surface area contributed by atoms with E-state index in [1.807, 2.05) is 48.5 Å². The summed E-state index contributed by atoms with van der Waals surface area (Å²) < 4.78 is 10.7. The van der Waals surface area contributed by atoms with Crippen LogP contribution in [0.25, 0.3) is 10.9 Å². The summed E-state index contributed by atoms with van der Waals surface area (Å²) in [6, 6.07) is 16.9. The van der Waals surface area contributed by atoms with Crippen molar-refractivity contribution in [1.82, 2.24) is 9.88 Å². The average Bonchev–Trinajstić information content (AvgIpc) is 2.72. The van der Waals surface area contributed by atoms with E-state index in [0.717, 1.165) is 16.5 Å². The number of fused-ring (bicyclic) bond motifs is 1. The Morgan fingerprint density at radius 1 is 1.11 bits per heavy atom. The molecule has 3 aromatic rings. The highest BCUT2D eigenvalue weighted by atomic mass is 16.5. The zero-order chi connectivity index (χ0) is 19.2. The summed E-state index contributed by atoms with van der Waals surface area (Å²) in [5, 5.41) is 0.999. The molecule has 5 nitrogen and oxygen atoms in total. The van der Waals surface area contributed by atoms with Gasteiger partial charge in [-0.1, -0.05) is 30.3 Å². The molecule has 1 amide bonds. The lowest BCUT2D eigenvalue weighted by Crippen LogP contribution is -2.31. The summed E-state index contributed by atoms with van der Waals surface area (Å²) in [5.41, 5.74) is 2.05. The molecule has 0 bridgehead atoms. The number of carbonyl (C=O) groups excluding carboxylic acids is 1. The van der Waals surface area contributed by atoms with Gasteiger partial charge in [0.05, 0.1) is 26.3 Å². The van der Waals surface area contributed by atoms with Gasteiger partial charge in [-0.2, -0.15) is 0 Å². The average molecular weight is 362 g/mol. The number of benzene rings is 2. The molecule has 5 heteroatoms. The largest absolute Gasteiger partial charge is 0.497 e. The van der Waals surface area contributed by atoms with E-state index in [1.165, 1.54) is 0 Å². The fourth-order valence-electron chi connectivity index (χ4n) is 2.93. The van der Waals surface area contributed by atoms with Crippen LogP contribution in [-0.4, -0.2) is 36.6 Å². The lowest BCUT2D eigenvalue weighted by atomic mass is 10.1. The van der Waals surface area contributed by atoms with Crippen molar-refractivity contribution in [1.29, 1.82) is 0 Å². The predicted octanol–water partition coefficient (Wildman–Crippen LogP) is 4.08. The second-order valence-electron chi connectivity index (χ2n) is 6.04. The predicted molar refractivity (Wildman–Crippen MR) is 106 cm³/mol. The van der Waals surface area contributed by atoms with Gasteiger partial charge in [0.2, 0.25) is 0 Å². The van der Waals surface area contributed by atoms with Crippen molar-refractivity contribution in [3.05, 3.63) is 78.5 Å². The van der Waals surface area contributed by atoms with E-state index in [4.69, 9.17) is 9.47 Å². The molecule has 0 saturated carbocycles. The lowest BCUT2D eigenvalue weighted by Gasteiger charge is -2.22. The molecule has 0 radical (unpaired) electrons. The molecule has 0 atom stereocenters. The Morgan fingerprint density at radius 3 is 2.67 bits per heavy atom. The van der Waals surface area contributed by atoms with Gasteiger partial charge in [-0.15, -0.1) is 6.58 Å². The molecule has 0 spiro atoms. The SMILES string of the molecule is C=CCN(Cc1cc(OC)ccc1OC)C(=O)c1ccc2ccccc2n1. The van der Waals surface area contributed by atoms with Gasteiger partial charge < -0.3 is 14.4 Å². The van der Waals surface area contributed by atoms with E-state index in [2.05, 4.69) is 11.6 Å². The summed E-state index contributed by atoms with van der Waals surface area (Å²) >= 11 is 0. The van der Waals surface area contributed by atoms with Crippen LogP contribution < -0.4 is 9.47 Å². The fraction of sp³-hybridized carbons (Fsp3) is 0.182. The van der Waals surface area contributed by atoms with Crippen LogP contribution in [0.3, 0.4) is 0 Å². The second-order valence-corrected chi connectivity index (χ2v) is 6.04. The number of ether oxygens (including phenoxy) is 2. The Labute approximate surface area is 158 Å². The Balaban J connectivity index is 1.92. The molecular formula is C22H22N2O3. The molecule has 0 unspecified atom stereocenters. The number of para-hydroxylation sites is 1. The molecule has 27 heavy (non-hydrogen) atoms. The summed E-state index contributed by atoms with van der Waals surface area (Å²) in [6.07, 6.45) is 1.70. The van der Waals surface area contributed by atoms with Crippen LogP contribution >= 0.6 is 0 Å². The van der Waals surface area contributed by atoms with E-state index in [1.54, 1.807) is 31.3 Å². The maximum absolute atomic E-state index is 13.1. The molecule has 1 heterocycles. The molecule has 0 aliphatic rings. The van der Waals surface area contributed by atoms with E-state index in [9.17, 15) is 4.79 Å². The van der Waals surface area contributed by atoms with Gasteiger partial charge in [0.15, 0.2) is 0 Å². The number of rotatable bonds is 7. The highest BCUT2D eigenvalue weighted by molar-refractivity contribution is 5.95. The third-order valence-electron chi connectivity index (χ3n) is 4.30. The third-order valence-corrected chi connectivity index (χ3v) is 4.30. The maximum atomic E-state index is 13.1. The number of nitrogens with zero attached hydrogens (tertiary/aromatic N) is 2. The minimum atomic E-state index is -0.162. The molecule has 0 fully saturated rings. The quantitative estimate of drug-likeness (QED) is 0.594. The summed E-state index contributed by atoms with van der Waals surface area (Å²) in [4.78, 5) is 19.3. The number of hydrogen-bond acceptors (Lipinski definition) is 4. The van der Waals surface area contributed by atoms with Crippen LogP contribution in [0.4, 0.5) is 0 Å². The van der Waals surface area contributed by atoms with Crippen molar-refractivity contribution in [2.45, 2.75) is 6.54 Å². The minimum absolute atomic E-state index is 0.162. The van der Waals surface area contributed by atoms with E-state index in [0.29, 0.717) is 30.3 Å². The van der Waals surface area contributed by atoms with E-state index >= 15 is 0 Å². The maximum Gasteiger partial charge on any atom is 0.273 e. The zero-order valence-electron chi connectivity index (χ0n) is 15.5. The molecule has 1 aromatic heterocycles. The van der Waals surface area contributed by atoms with Crippen molar-refractivity contribution < 1.29 is 14.3 Å². The van der Waals surface area contributed by atoms with Gasteiger partial charge in [0.1, 0.15) is 17.2 Å². The molecule has 3 rings (SSSR count). The molecular weight excluding hydrogens is 340 g/mol. The number of hydrogen-bond donors (Lipinski definition) is 0. The van der Waals surface area contributed by atoms with Crippen LogP contribution in [0.1, 0.15) is 16.1 Å². The number of pyridine rings is 1. The van der Waals surface area contributed by atoms with Crippen LogP contribution in [0, 0.1) is 0 Å². The van der Waals surface area contributed by atoms with Gasteiger partial charge >= 0.3 is 0 Å². The van der Waals surface area contributed by atoms with Gasteiger partial charge in [0.25, 0.3) is 5.91 Å². The molecule has 0 saturated heterocycles. The van der Waals surface area contributed by atoms with Crippen LogP contribution in [-0.2, 0) is 6.54 Å². The van der Waals surface area contributed by atoms with Gasteiger partial charge in [0, 0.05) is 17.5 Å². The van der Waals surface area contributed by atoms with Crippen molar-refractivity contribution in [2.24, 2.45) is 0 Å². The summed E-state index contributed by atoms with van der Waals surface area (Å²) in [6.45, 7) is 4.53. The Kier molecular flexibility index (Phi) is 5.71. The summed E-state index contributed by atoms with van der Waals surface area (Å²) in [7, 11) is 3.22. The van der Waals surface area contributed by atoms with Crippen molar-refractivity contribution >= 4 is 16.8 Å². The monoisotopic (exact) mass is 362 g/mol. The van der Waals surface area contributed by atoms with Gasteiger partial charge in [-0.25, -0.2) is 4.98 Å². The first-order chi connectivity index (χ1) is 13.2. The number of carbonyl (C=O) groups is 1. The smallest absolute Gasteiger partial charge is 0.273 e. The van der Waals surface area contributed by atoms with Crippen LogP contribution in [0.15, 0.2) is 67.3 Å². The molecule has 0 N–H and O–H groups in total. The molecule has 0 aliphatic heterocycles. The van der Waals surface area contributed by atoms with E-state index < -0.39 is 0 Å². The summed E-state index contributed by atoms with van der Waals surface area (Å²) in [5.74, 6) is 1.25. The van der Waals surface area contributed by atoms with Crippen LogP contribution in [0.2, 0.25) is 0 Å². The third kappa shape index (κ3) is 4.08. The van der Waals surface area contributed by atoms with Crippen molar-refractivity contribution in [2.75, 3.05) is 20.8 Å². The minimum Gasteiger partial charge on any atom is -0.497 e. The topological polar surface area (TPSA) is 51.7 Å². The van der Waals surface area contributed by atoms with Crippen molar-refractivity contribution in [3.63, 3.8) is 0 Å². The first-order valence-electron chi connectivity index (χ1n) is 8.63. The normalized spacial score (nSPS) is 10.4. The Morgan fingerprint density at radius 2 is 1.93 bits per heavy atom. The number of amides is 1.